The quantitative estimate of drug-likeness (QED) is 0.721. The number of benzene rings is 1. The van der Waals surface area contributed by atoms with E-state index in [1.165, 1.54) is 51.3 Å². The van der Waals surface area contributed by atoms with Gasteiger partial charge in [-0.25, -0.2) is 0 Å². The van der Waals surface area contributed by atoms with Crippen molar-refractivity contribution in [3.05, 3.63) is 29.8 Å². The van der Waals surface area contributed by atoms with Crippen molar-refractivity contribution in [3.63, 3.8) is 0 Å². The van der Waals surface area contributed by atoms with Crippen LogP contribution in [0.2, 0.25) is 0 Å². The van der Waals surface area contributed by atoms with Gasteiger partial charge >= 0.3 is 0 Å². The van der Waals surface area contributed by atoms with E-state index in [0.717, 1.165) is 37.9 Å². The summed E-state index contributed by atoms with van der Waals surface area (Å²) in [5.74, 6) is 1.01. The minimum atomic E-state index is 0.765. The maximum absolute atomic E-state index is 5.91. The number of nitrogens with zero attached hydrogens (tertiary/aromatic N) is 3. The van der Waals surface area contributed by atoms with Crippen LogP contribution >= 0.6 is 0 Å². The zero-order chi connectivity index (χ0) is 17.5. The van der Waals surface area contributed by atoms with Crippen molar-refractivity contribution in [2.45, 2.75) is 25.4 Å². The number of ether oxygens (including phenoxy) is 1. The lowest BCUT2D eigenvalue weighted by Gasteiger charge is -2.37. The van der Waals surface area contributed by atoms with Crippen LogP contribution in [0.4, 0.5) is 0 Å². The van der Waals surface area contributed by atoms with Gasteiger partial charge in [-0.3, -0.25) is 9.80 Å². The van der Waals surface area contributed by atoms with E-state index in [2.05, 4.69) is 58.4 Å². The Kier molecular flexibility index (Phi) is 7.11. The molecule has 1 aromatic carbocycles. The van der Waals surface area contributed by atoms with E-state index in [1.54, 1.807) is 0 Å². The first kappa shape index (κ1) is 18.6. The van der Waals surface area contributed by atoms with Gasteiger partial charge in [-0.05, 0) is 51.2 Å². The molecule has 2 saturated heterocycles. The second-order valence-corrected chi connectivity index (χ2v) is 7.61. The fourth-order valence-corrected chi connectivity index (χ4v) is 3.80. The molecular formula is C20H34N4O. The summed E-state index contributed by atoms with van der Waals surface area (Å²) in [7, 11) is 4.20. The lowest BCUT2D eigenvalue weighted by atomic mass is 10.1. The predicted molar refractivity (Wildman–Crippen MR) is 103 cm³/mol. The standard InChI is InChI=1S/C20H34N4O/c1-22(2)9-4-14-25-20-6-3-5-18(15-20)17-23-10-12-24(13-11-23)19-7-8-21-16-19/h3,5-6,15,19,21H,4,7-14,16-17H2,1-2H3/t19-/m0/s1. The van der Waals surface area contributed by atoms with Crippen LogP contribution in [0.25, 0.3) is 0 Å². The van der Waals surface area contributed by atoms with Crippen LogP contribution in [0.1, 0.15) is 18.4 Å². The molecule has 2 aliphatic rings. The van der Waals surface area contributed by atoms with E-state index in [9.17, 15) is 0 Å². The molecular weight excluding hydrogens is 312 g/mol. The van der Waals surface area contributed by atoms with Crippen molar-refractivity contribution >= 4 is 0 Å². The second-order valence-electron chi connectivity index (χ2n) is 7.61. The fraction of sp³-hybridized carbons (Fsp3) is 0.700. The van der Waals surface area contributed by atoms with Gasteiger partial charge in [0.05, 0.1) is 6.61 Å². The molecule has 25 heavy (non-hydrogen) atoms. The largest absolute Gasteiger partial charge is 0.494 e. The molecule has 3 rings (SSSR count). The van der Waals surface area contributed by atoms with Crippen molar-refractivity contribution in [3.8, 4) is 5.75 Å². The van der Waals surface area contributed by atoms with Gasteiger partial charge in [-0.2, -0.15) is 0 Å². The van der Waals surface area contributed by atoms with Crippen molar-refractivity contribution in [1.29, 1.82) is 0 Å². The zero-order valence-corrected chi connectivity index (χ0v) is 15.9. The smallest absolute Gasteiger partial charge is 0.119 e. The van der Waals surface area contributed by atoms with Crippen molar-refractivity contribution in [2.75, 3.05) is 66.5 Å². The normalized spacial score (nSPS) is 22.6. The van der Waals surface area contributed by atoms with Gasteiger partial charge in [0.15, 0.2) is 0 Å². The van der Waals surface area contributed by atoms with Crippen molar-refractivity contribution in [2.24, 2.45) is 0 Å². The monoisotopic (exact) mass is 346 g/mol. The molecule has 0 amide bonds. The summed E-state index contributed by atoms with van der Waals surface area (Å²) in [5, 5.41) is 3.48. The molecule has 2 fully saturated rings. The Morgan fingerprint density at radius 1 is 1.20 bits per heavy atom. The Morgan fingerprint density at radius 3 is 2.76 bits per heavy atom. The number of rotatable bonds is 8. The van der Waals surface area contributed by atoms with E-state index in [-0.39, 0.29) is 0 Å². The van der Waals surface area contributed by atoms with Gasteiger partial charge < -0.3 is 15.0 Å². The molecule has 5 heteroatoms. The molecule has 0 spiro atoms. The number of hydrogen-bond donors (Lipinski definition) is 1. The maximum atomic E-state index is 5.91. The molecule has 0 aliphatic carbocycles. The Morgan fingerprint density at radius 2 is 2.04 bits per heavy atom. The van der Waals surface area contributed by atoms with Gasteiger partial charge in [0.2, 0.25) is 0 Å². The fourth-order valence-electron chi connectivity index (χ4n) is 3.80. The highest BCUT2D eigenvalue weighted by Gasteiger charge is 2.25. The summed E-state index contributed by atoms with van der Waals surface area (Å²) < 4.78 is 5.91. The number of hydrogen-bond acceptors (Lipinski definition) is 5. The van der Waals surface area contributed by atoms with Crippen LogP contribution in [0.15, 0.2) is 24.3 Å². The topological polar surface area (TPSA) is 31.0 Å². The maximum Gasteiger partial charge on any atom is 0.119 e. The van der Waals surface area contributed by atoms with Crippen molar-refractivity contribution in [1.82, 2.24) is 20.0 Å². The summed E-state index contributed by atoms with van der Waals surface area (Å²) in [4.78, 5) is 7.44. The van der Waals surface area contributed by atoms with E-state index in [1.807, 2.05) is 0 Å². The zero-order valence-electron chi connectivity index (χ0n) is 15.9. The first-order chi connectivity index (χ1) is 12.2. The molecule has 0 bridgehead atoms. The summed E-state index contributed by atoms with van der Waals surface area (Å²) in [6.07, 6.45) is 2.38. The minimum Gasteiger partial charge on any atom is -0.494 e. The molecule has 1 aromatic rings. The van der Waals surface area contributed by atoms with Crippen molar-refractivity contribution < 1.29 is 4.74 Å². The SMILES string of the molecule is CN(C)CCCOc1cccc(CN2CCN([C@H]3CCNC3)CC2)c1. The summed E-state index contributed by atoms with van der Waals surface area (Å²) >= 11 is 0. The Labute approximate surface area is 152 Å². The molecule has 2 aliphatic heterocycles. The molecule has 0 unspecified atom stereocenters. The highest BCUT2D eigenvalue weighted by atomic mass is 16.5. The lowest BCUT2D eigenvalue weighted by molar-refractivity contribution is 0.0981. The molecule has 0 radical (unpaired) electrons. The first-order valence-electron chi connectivity index (χ1n) is 9.74. The third-order valence-corrected chi connectivity index (χ3v) is 5.28. The Bertz CT molecular complexity index is 508. The molecule has 1 atom stereocenters. The van der Waals surface area contributed by atoms with E-state index in [4.69, 9.17) is 4.74 Å². The van der Waals surface area contributed by atoms with Gasteiger partial charge in [0.1, 0.15) is 5.75 Å². The van der Waals surface area contributed by atoms with Gasteiger partial charge in [0, 0.05) is 51.9 Å². The highest BCUT2D eigenvalue weighted by molar-refractivity contribution is 5.28. The Balaban J connectivity index is 1.41. The number of piperazine rings is 1. The third-order valence-electron chi connectivity index (χ3n) is 5.28. The second kappa shape index (κ2) is 9.53. The summed E-state index contributed by atoms with van der Waals surface area (Å²) in [5.41, 5.74) is 1.36. The summed E-state index contributed by atoms with van der Waals surface area (Å²) in [6, 6.07) is 9.39. The van der Waals surface area contributed by atoms with Crippen LogP contribution in [0, 0.1) is 0 Å². The first-order valence-corrected chi connectivity index (χ1v) is 9.74. The Hall–Kier alpha value is -1.14. The third kappa shape index (κ3) is 5.96. The molecule has 140 valence electrons. The molecule has 2 heterocycles. The highest BCUT2D eigenvalue weighted by Crippen LogP contribution is 2.17. The molecule has 0 saturated carbocycles. The lowest BCUT2D eigenvalue weighted by Crippen LogP contribution is -2.50. The minimum absolute atomic E-state index is 0.765. The number of nitrogens with one attached hydrogen (secondary N) is 1. The molecule has 1 N–H and O–H groups in total. The van der Waals surface area contributed by atoms with E-state index < -0.39 is 0 Å². The summed E-state index contributed by atoms with van der Waals surface area (Å²) in [6.45, 7) is 10.00. The van der Waals surface area contributed by atoms with Gasteiger partial charge in [-0.1, -0.05) is 12.1 Å². The van der Waals surface area contributed by atoms with Gasteiger partial charge in [0.25, 0.3) is 0 Å². The van der Waals surface area contributed by atoms with Crippen LogP contribution in [-0.2, 0) is 6.54 Å². The average Bonchev–Trinajstić information content (AvgIpc) is 3.14. The molecule has 5 nitrogen and oxygen atoms in total. The van der Waals surface area contributed by atoms with E-state index >= 15 is 0 Å². The van der Waals surface area contributed by atoms with Crippen LogP contribution in [-0.4, -0.2) is 87.3 Å². The van der Waals surface area contributed by atoms with Crippen LogP contribution in [0.3, 0.4) is 0 Å². The average molecular weight is 347 g/mol. The molecule has 0 aromatic heterocycles. The van der Waals surface area contributed by atoms with Crippen LogP contribution in [0.5, 0.6) is 5.75 Å². The van der Waals surface area contributed by atoms with Crippen LogP contribution < -0.4 is 10.1 Å². The predicted octanol–water partition coefficient (Wildman–Crippen LogP) is 1.50. The van der Waals surface area contributed by atoms with E-state index in [0.29, 0.717) is 0 Å². The van der Waals surface area contributed by atoms with Gasteiger partial charge in [-0.15, -0.1) is 0 Å².